The van der Waals surface area contributed by atoms with Crippen LogP contribution >= 0.6 is 11.8 Å². The molecule has 0 fully saturated rings. The second-order valence-corrected chi connectivity index (χ2v) is 10.4. The van der Waals surface area contributed by atoms with Crippen LogP contribution in [0.5, 0.6) is 0 Å². The predicted octanol–water partition coefficient (Wildman–Crippen LogP) is 4.58. The topological polar surface area (TPSA) is 76.4 Å². The summed E-state index contributed by atoms with van der Waals surface area (Å²) in [5, 5.41) is 11.9. The fourth-order valence-electron chi connectivity index (χ4n) is 5.11. The van der Waals surface area contributed by atoms with Crippen molar-refractivity contribution < 1.29 is 9.13 Å². The molecule has 9 heteroatoms. The van der Waals surface area contributed by atoms with Gasteiger partial charge in [0.25, 0.3) is 0 Å². The summed E-state index contributed by atoms with van der Waals surface area (Å²) in [6.45, 7) is 1.44. The normalized spacial score (nSPS) is 19.0. The number of aromatic nitrogens is 3. The third kappa shape index (κ3) is 4.54. The average Bonchev–Trinajstić information content (AvgIpc) is 3.18. The van der Waals surface area contributed by atoms with Gasteiger partial charge in [-0.15, -0.1) is 11.8 Å². The number of ether oxygens (including phenoxy) is 1. The minimum Gasteiger partial charge on any atom is -0.484 e. The number of thioether (sulfide) groups is 1. The molecule has 1 aliphatic carbocycles. The second kappa shape index (κ2) is 9.62. The Labute approximate surface area is 208 Å². The van der Waals surface area contributed by atoms with E-state index in [9.17, 15) is 4.39 Å². The zero-order valence-corrected chi connectivity index (χ0v) is 20.6. The van der Waals surface area contributed by atoms with Gasteiger partial charge < -0.3 is 15.4 Å². The Morgan fingerprint density at radius 2 is 2.20 bits per heavy atom. The third-order valence-electron chi connectivity index (χ3n) is 6.98. The van der Waals surface area contributed by atoms with Crippen LogP contribution in [0.1, 0.15) is 41.8 Å². The van der Waals surface area contributed by atoms with Crippen LogP contribution in [-0.2, 0) is 30.5 Å². The SMILES string of the molecule is COC1=Nc2c(-n3cc4c(n3)CCC(NCc3cc5c(cc3F)SCCN5)C4)ccnc2CCC1. The van der Waals surface area contributed by atoms with E-state index in [1.165, 1.54) is 5.56 Å². The van der Waals surface area contributed by atoms with Crippen LogP contribution in [0, 0.1) is 5.82 Å². The van der Waals surface area contributed by atoms with Crippen molar-refractivity contribution in [3.63, 3.8) is 0 Å². The van der Waals surface area contributed by atoms with E-state index in [2.05, 4.69) is 21.8 Å². The van der Waals surface area contributed by atoms with Gasteiger partial charge in [0.15, 0.2) is 5.90 Å². The number of hydrogen-bond donors (Lipinski definition) is 2. The molecule has 6 rings (SSSR count). The second-order valence-electron chi connectivity index (χ2n) is 9.27. The standard InChI is InChI=1S/C26H29FN6OS/c1-34-25-4-2-3-21-26(31-25)23(7-8-28-21)33-15-17-11-18(5-6-20(17)32-33)30-14-16-12-22-24(13-19(16)27)35-10-9-29-22/h7-8,12-13,15,18,29-30H,2-6,9-11,14H2,1H3. The number of aryl methyl sites for hydroxylation is 2. The van der Waals surface area contributed by atoms with Crippen molar-refractivity contribution in [2.45, 2.75) is 56.0 Å². The molecule has 0 spiro atoms. The Morgan fingerprint density at radius 1 is 1.26 bits per heavy atom. The third-order valence-corrected chi connectivity index (χ3v) is 8.04. The lowest BCUT2D eigenvalue weighted by atomic mass is 9.93. The maximum absolute atomic E-state index is 14.7. The lowest BCUT2D eigenvalue weighted by Gasteiger charge is -2.23. The molecule has 35 heavy (non-hydrogen) atoms. The fraction of sp³-hybridized carbons (Fsp3) is 0.423. The molecule has 2 aliphatic heterocycles. The highest BCUT2D eigenvalue weighted by atomic mass is 32.2. The van der Waals surface area contributed by atoms with E-state index < -0.39 is 0 Å². The largest absolute Gasteiger partial charge is 0.484 e. The van der Waals surface area contributed by atoms with E-state index in [0.29, 0.717) is 12.1 Å². The Hall–Kier alpha value is -2.91. The summed E-state index contributed by atoms with van der Waals surface area (Å²) in [7, 11) is 1.67. The van der Waals surface area contributed by atoms with E-state index in [1.807, 2.05) is 23.0 Å². The van der Waals surface area contributed by atoms with E-state index in [-0.39, 0.29) is 11.9 Å². The minimum atomic E-state index is -0.133. The van der Waals surface area contributed by atoms with Crippen molar-refractivity contribution in [1.29, 1.82) is 0 Å². The van der Waals surface area contributed by atoms with E-state index in [0.717, 1.165) is 90.1 Å². The molecule has 0 amide bonds. The number of hydrogen-bond acceptors (Lipinski definition) is 7. The molecule has 2 aromatic heterocycles. The van der Waals surface area contributed by atoms with Crippen molar-refractivity contribution in [2.75, 3.05) is 24.7 Å². The van der Waals surface area contributed by atoms with Gasteiger partial charge in [0.1, 0.15) is 11.5 Å². The van der Waals surface area contributed by atoms with Crippen LogP contribution in [-0.4, -0.2) is 46.1 Å². The van der Waals surface area contributed by atoms with Gasteiger partial charge in [-0.25, -0.2) is 14.1 Å². The molecule has 3 aliphatic rings. The van der Waals surface area contributed by atoms with Crippen LogP contribution < -0.4 is 10.6 Å². The summed E-state index contributed by atoms with van der Waals surface area (Å²) < 4.78 is 22.1. The summed E-state index contributed by atoms with van der Waals surface area (Å²) in [5.41, 5.74) is 6.89. The molecule has 7 nitrogen and oxygen atoms in total. The summed E-state index contributed by atoms with van der Waals surface area (Å²) in [4.78, 5) is 10.3. The quantitative estimate of drug-likeness (QED) is 0.555. The highest BCUT2D eigenvalue weighted by molar-refractivity contribution is 7.99. The predicted molar refractivity (Wildman–Crippen MR) is 137 cm³/mol. The number of anilines is 1. The van der Waals surface area contributed by atoms with Crippen molar-refractivity contribution in [1.82, 2.24) is 20.1 Å². The number of fused-ring (bicyclic) bond motifs is 3. The number of methoxy groups -OCH3 is 1. The molecule has 0 radical (unpaired) electrons. The summed E-state index contributed by atoms with van der Waals surface area (Å²) >= 11 is 1.71. The van der Waals surface area contributed by atoms with Crippen LogP contribution in [0.4, 0.5) is 15.8 Å². The van der Waals surface area contributed by atoms with Gasteiger partial charge in [-0.2, -0.15) is 5.10 Å². The first-order valence-corrected chi connectivity index (χ1v) is 13.3. The smallest absolute Gasteiger partial charge is 0.188 e. The maximum Gasteiger partial charge on any atom is 0.188 e. The monoisotopic (exact) mass is 492 g/mol. The van der Waals surface area contributed by atoms with Gasteiger partial charge in [0.2, 0.25) is 0 Å². The Bertz CT molecular complexity index is 1290. The first-order chi connectivity index (χ1) is 17.2. The fourth-order valence-corrected chi connectivity index (χ4v) is 6.00. The molecule has 2 N–H and O–H groups in total. The Morgan fingerprint density at radius 3 is 3.11 bits per heavy atom. The van der Waals surface area contributed by atoms with E-state index in [4.69, 9.17) is 14.8 Å². The Kier molecular flexibility index (Phi) is 6.20. The number of aliphatic imine (C=N–C) groups is 1. The van der Waals surface area contributed by atoms with Crippen molar-refractivity contribution >= 4 is 29.0 Å². The number of rotatable bonds is 4. The van der Waals surface area contributed by atoms with Gasteiger partial charge >= 0.3 is 0 Å². The average molecular weight is 493 g/mol. The lowest BCUT2D eigenvalue weighted by Crippen LogP contribution is -2.34. The first kappa shape index (κ1) is 22.5. The lowest BCUT2D eigenvalue weighted by molar-refractivity contribution is 0.389. The number of nitrogens with one attached hydrogen (secondary N) is 2. The van der Waals surface area contributed by atoms with Crippen LogP contribution in [0.25, 0.3) is 5.69 Å². The molecule has 4 heterocycles. The van der Waals surface area contributed by atoms with Crippen LogP contribution in [0.2, 0.25) is 0 Å². The van der Waals surface area contributed by atoms with Crippen molar-refractivity contribution in [3.05, 3.63) is 58.9 Å². The molecule has 0 saturated carbocycles. The van der Waals surface area contributed by atoms with Gasteiger partial charge in [0, 0.05) is 59.8 Å². The molecule has 0 bridgehead atoms. The van der Waals surface area contributed by atoms with Crippen molar-refractivity contribution in [2.24, 2.45) is 4.99 Å². The van der Waals surface area contributed by atoms with Gasteiger partial charge in [-0.05, 0) is 55.9 Å². The molecular formula is C26H29FN6OS. The highest BCUT2D eigenvalue weighted by Gasteiger charge is 2.24. The molecular weight excluding hydrogens is 463 g/mol. The summed E-state index contributed by atoms with van der Waals surface area (Å²) in [6, 6.07) is 5.88. The zero-order chi connectivity index (χ0) is 23.8. The molecule has 3 aromatic rings. The number of halogens is 1. The molecule has 1 unspecified atom stereocenters. The van der Waals surface area contributed by atoms with Gasteiger partial charge in [0.05, 0.1) is 24.2 Å². The maximum atomic E-state index is 14.7. The number of benzene rings is 1. The zero-order valence-electron chi connectivity index (χ0n) is 19.8. The Balaban J connectivity index is 1.19. The van der Waals surface area contributed by atoms with Crippen molar-refractivity contribution in [3.8, 4) is 5.69 Å². The molecule has 1 aromatic carbocycles. The van der Waals surface area contributed by atoms with Gasteiger partial charge in [-0.1, -0.05) is 0 Å². The molecule has 0 saturated heterocycles. The highest BCUT2D eigenvalue weighted by Crippen LogP contribution is 2.34. The minimum absolute atomic E-state index is 0.133. The summed E-state index contributed by atoms with van der Waals surface area (Å²) in [6.07, 6.45) is 9.36. The first-order valence-electron chi connectivity index (χ1n) is 12.3. The van der Waals surface area contributed by atoms with Gasteiger partial charge in [-0.3, -0.25) is 4.98 Å². The number of nitrogens with zero attached hydrogens (tertiary/aromatic N) is 4. The summed E-state index contributed by atoms with van der Waals surface area (Å²) in [5.74, 6) is 1.58. The van der Waals surface area contributed by atoms with Crippen LogP contribution in [0.15, 0.2) is 40.5 Å². The molecule has 182 valence electrons. The molecule has 1 atom stereocenters. The van der Waals surface area contributed by atoms with E-state index in [1.54, 1.807) is 24.9 Å². The number of pyridine rings is 1. The van der Waals surface area contributed by atoms with E-state index >= 15 is 0 Å². The van der Waals surface area contributed by atoms with Crippen LogP contribution in [0.3, 0.4) is 0 Å².